The molecular weight excluding hydrogens is 341 g/mol. The molecule has 0 radical (unpaired) electrons. The summed E-state index contributed by atoms with van der Waals surface area (Å²) in [4.78, 5) is 18.3. The highest BCUT2D eigenvalue weighted by Crippen LogP contribution is 2.22. The predicted molar refractivity (Wildman–Crippen MR) is 95.9 cm³/mol. The summed E-state index contributed by atoms with van der Waals surface area (Å²) in [5, 5.41) is 3.19. The lowest BCUT2D eigenvalue weighted by molar-refractivity contribution is 0.170. The highest BCUT2D eigenvalue weighted by Gasteiger charge is 2.23. The first-order chi connectivity index (χ1) is 12.1. The van der Waals surface area contributed by atoms with E-state index < -0.39 is 0 Å². The van der Waals surface area contributed by atoms with Crippen molar-refractivity contribution in [2.75, 3.05) is 13.1 Å². The molecule has 1 aromatic carbocycles. The molecular formula is C19H21ClFN3O. The quantitative estimate of drug-likeness (QED) is 0.893. The van der Waals surface area contributed by atoms with E-state index in [1.807, 2.05) is 17.2 Å². The molecule has 1 aliphatic rings. The summed E-state index contributed by atoms with van der Waals surface area (Å²) in [6, 6.07) is 8.15. The van der Waals surface area contributed by atoms with Gasteiger partial charge in [-0.1, -0.05) is 23.7 Å². The average molecular weight is 362 g/mol. The third-order valence-electron chi connectivity index (χ3n) is 4.59. The fourth-order valence-corrected chi connectivity index (χ4v) is 3.37. The summed E-state index contributed by atoms with van der Waals surface area (Å²) in [5.41, 5.74) is 1.96. The highest BCUT2D eigenvalue weighted by atomic mass is 35.5. The minimum Gasteiger partial charge on any atom is -0.334 e. The van der Waals surface area contributed by atoms with Gasteiger partial charge in [-0.3, -0.25) is 4.98 Å². The van der Waals surface area contributed by atoms with Crippen LogP contribution in [0, 0.1) is 11.7 Å². The van der Waals surface area contributed by atoms with Gasteiger partial charge in [-0.25, -0.2) is 9.18 Å². The first kappa shape index (κ1) is 17.7. The number of aromatic nitrogens is 1. The molecule has 0 unspecified atom stereocenters. The Hall–Kier alpha value is -2.14. The molecule has 0 saturated carbocycles. The number of halogens is 2. The van der Waals surface area contributed by atoms with E-state index in [2.05, 4.69) is 16.4 Å². The minimum absolute atomic E-state index is 0.0970. The standard InChI is InChI=1S/C19H21ClFN3O/c20-18-11-17(21)4-3-16(18)13-23-19(25)24-8-5-14(6-9-24)10-15-2-1-7-22-12-15/h1-4,7,11-12,14H,5-6,8-10,13H2,(H,23,25). The number of piperidine rings is 1. The van der Waals surface area contributed by atoms with Crippen molar-refractivity contribution in [1.29, 1.82) is 0 Å². The van der Waals surface area contributed by atoms with Crippen LogP contribution < -0.4 is 5.32 Å². The van der Waals surface area contributed by atoms with Crippen LogP contribution in [-0.2, 0) is 13.0 Å². The van der Waals surface area contributed by atoms with Crippen LogP contribution in [0.15, 0.2) is 42.7 Å². The molecule has 2 heterocycles. The Balaban J connectivity index is 1.45. The van der Waals surface area contributed by atoms with Gasteiger partial charge in [0.2, 0.25) is 0 Å². The van der Waals surface area contributed by atoms with Crippen molar-refractivity contribution in [3.8, 4) is 0 Å². The fourth-order valence-electron chi connectivity index (χ4n) is 3.14. The first-order valence-electron chi connectivity index (χ1n) is 8.47. The molecule has 6 heteroatoms. The lowest BCUT2D eigenvalue weighted by Crippen LogP contribution is -2.44. The molecule has 1 N–H and O–H groups in total. The Labute approximate surface area is 152 Å². The number of nitrogens with zero attached hydrogens (tertiary/aromatic N) is 2. The largest absolute Gasteiger partial charge is 0.334 e. The highest BCUT2D eigenvalue weighted by molar-refractivity contribution is 6.31. The van der Waals surface area contributed by atoms with Crippen LogP contribution in [0.5, 0.6) is 0 Å². The van der Waals surface area contributed by atoms with Crippen molar-refractivity contribution in [3.05, 3.63) is 64.7 Å². The van der Waals surface area contributed by atoms with Crippen LogP contribution in [0.4, 0.5) is 9.18 Å². The zero-order chi connectivity index (χ0) is 17.6. The third kappa shape index (κ3) is 4.92. The Morgan fingerprint density at radius 3 is 2.80 bits per heavy atom. The second-order valence-electron chi connectivity index (χ2n) is 6.39. The Morgan fingerprint density at radius 1 is 1.32 bits per heavy atom. The molecule has 2 amide bonds. The molecule has 1 aliphatic heterocycles. The van der Waals surface area contributed by atoms with Gasteiger partial charge in [0.1, 0.15) is 5.82 Å². The number of benzene rings is 1. The molecule has 1 saturated heterocycles. The van der Waals surface area contributed by atoms with E-state index in [0.717, 1.165) is 32.4 Å². The second-order valence-corrected chi connectivity index (χ2v) is 6.80. The maximum absolute atomic E-state index is 13.0. The monoisotopic (exact) mass is 361 g/mol. The number of hydrogen-bond acceptors (Lipinski definition) is 2. The molecule has 1 fully saturated rings. The third-order valence-corrected chi connectivity index (χ3v) is 4.95. The van der Waals surface area contributed by atoms with E-state index in [1.54, 1.807) is 12.3 Å². The number of amides is 2. The van der Waals surface area contributed by atoms with Crippen molar-refractivity contribution in [2.45, 2.75) is 25.8 Å². The summed E-state index contributed by atoms with van der Waals surface area (Å²) >= 11 is 5.98. The number of nitrogens with one attached hydrogen (secondary N) is 1. The molecule has 0 bridgehead atoms. The molecule has 2 aromatic rings. The average Bonchev–Trinajstić information content (AvgIpc) is 2.62. The molecule has 25 heavy (non-hydrogen) atoms. The topological polar surface area (TPSA) is 45.2 Å². The number of urea groups is 1. The van der Waals surface area contributed by atoms with E-state index in [1.165, 1.54) is 17.7 Å². The van der Waals surface area contributed by atoms with E-state index in [4.69, 9.17) is 11.6 Å². The van der Waals surface area contributed by atoms with Gasteiger partial charge in [0.15, 0.2) is 0 Å². The molecule has 0 atom stereocenters. The fraction of sp³-hybridized carbons (Fsp3) is 0.368. The van der Waals surface area contributed by atoms with E-state index in [9.17, 15) is 9.18 Å². The zero-order valence-electron chi connectivity index (χ0n) is 13.9. The molecule has 132 valence electrons. The maximum atomic E-state index is 13.0. The molecule has 0 spiro atoms. The molecule has 4 nitrogen and oxygen atoms in total. The molecule has 3 rings (SSSR count). The number of likely N-dealkylation sites (tertiary alicyclic amines) is 1. The summed E-state index contributed by atoms with van der Waals surface area (Å²) in [6.07, 6.45) is 6.67. The van der Waals surface area contributed by atoms with Crippen molar-refractivity contribution in [1.82, 2.24) is 15.2 Å². The van der Waals surface area contributed by atoms with Gasteiger partial charge in [0.05, 0.1) is 0 Å². The van der Waals surface area contributed by atoms with E-state index in [-0.39, 0.29) is 11.8 Å². The minimum atomic E-state index is -0.379. The van der Waals surface area contributed by atoms with Gasteiger partial charge in [0, 0.05) is 37.1 Å². The smallest absolute Gasteiger partial charge is 0.317 e. The molecule has 1 aromatic heterocycles. The van der Waals surface area contributed by atoms with Crippen LogP contribution in [0.2, 0.25) is 5.02 Å². The van der Waals surface area contributed by atoms with E-state index in [0.29, 0.717) is 23.0 Å². The van der Waals surface area contributed by atoms with Gasteiger partial charge < -0.3 is 10.2 Å². The van der Waals surface area contributed by atoms with Crippen LogP contribution in [-0.4, -0.2) is 29.0 Å². The predicted octanol–water partition coefficient (Wildman–Crippen LogP) is 4.04. The van der Waals surface area contributed by atoms with Crippen LogP contribution >= 0.6 is 11.6 Å². The Kier molecular flexibility index (Phi) is 5.87. The van der Waals surface area contributed by atoms with Gasteiger partial charge in [-0.2, -0.15) is 0 Å². The SMILES string of the molecule is O=C(NCc1ccc(F)cc1Cl)N1CCC(Cc2cccnc2)CC1. The number of pyridine rings is 1. The van der Waals surface area contributed by atoms with Gasteiger partial charge in [-0.05, 0) is 54.5 Å². The van der Waals surface area contributed by atoms with Crippen molar-refractivity contribution in [2.24, 2.45) is 5.92 Å². The number of hydrogen-bond donors (Lipinski definition) is 1. The Morgan fingerprint density at radius 2 is 2.12 bits per heavy atom. The maximum Gasteiger partial charge on any atom is 0.317 e. The van der Waals surface area contributed by atoms with Crippen molar-refractivity contribution in [3.63, 3.8) is 0 Å². The number of carbonyl (C=O) groups excluding carboxylic acids is 1. The lowest BCUT2D eigenvalue weighted by Gasteiger charge is -2.32. The van der Waals surface area contributed by atoms with Crippen LogP contribution in [0.3, 0.4) is 0 Å². The summed E-state index contributed by atoms with van der Waals surface area (Å²) < 4.78 is 13.0. The van der Waals surface area contributed by atoms with Gasteiger partial charge in [0.25, 0.3) is 0 Å². The van der Waals surface area contributed by atoms with Crippen LogP contribution in [0.25, 0.3) is 0 Å². The van der Waals surface area contributed by atoms with Crippen molar-refractivity contribution < 1.29 is 9.18 Å². The number of rotatable bonds is 4. The number of carbonyl (C=O) groups is 1. The van der Waals surface area contributed by atoms with E-state index >= 15 is 0 Å². The summed E-state index contributed by atoms with van der Waals surface area (Å²) in [5.74, 6) is 0.204. The van der Waals surface area contributed by atoms with Crippen molar-refractivity contribution >= 4 is 17.6 Å². The first-order valence-corrected chi connectivity index (χ1v) is 8.85. The summed E-state index contributed by atoms with van der Waals surface area (Å²) in [6.45, 7) is 1.79. The zero-order valence-corrected chi connectivity index (χ0v) is 14.7. The summed E-state index contributed by atoms with van der Waals surface area (Å²) in [7, 11) is 0. The Bertz CT molecular complexity index is 718. The second kappa shape index (κ2) is 8.30. The molecule has 0 aliphatic carbocycles. The van der Waals surface area contributed by atoms with Gasteiger partial charge in [-0.15, -0.1) is 0 Å². The lowest BCUT2D eigenvalue weighted by atomic mass is 9.91. The van der Waals surface area contributed by atoms with Crippen LogP contribution in [0.1, 0.15) is 24.0 Å². The normalized spacial score (nSPS) is 15.2. The van der Waals surface area contributed by atoms with Gasteiger partial charge >= 0.3 is 6.03 Å².